The summed E-state index contributed by atoms with van der Waals surface area (Å²) < 4.78 is 0. The van der Waals surface area contributed by atoms with Crippen molar-refractivity contribution in [2.75, 3.05) is 13.1 Å². The molecule has 0 radical (unpaired) electrons. The second-order valence-electron chi connectivity index (χ2n) is 4.97. The van der Waals surface area contributed by atoms with Crippen LogP contribution in [0.5, 0.6) is 0 Å². The summed E-state index contributed by atoms with van der Waals surface area (Å²) in [5.74, 6) is 0.832. The molecule has 0 rings (SSSR count). The van der Waals surface area contributed by atoms with E-state index in [1.807, 2.05) is 20.8 Å². The van der Waals surface area contributed by atoms with Crippen LogP contribution in [-0.4, -0.2) is 30.2 Å². The molecule has 0 heterocycles. The van der Waals surface area contributed by atoms with E-state index in [0.717, 1.165) is 12.8 Å². The molecule has 2 unspecified atom stereocenters. The van der Waals surface area contributed by atoms with Crippen molar-refractivity contribution >= 4 is 5.91 Å². The smallest absolute Gasteiger partial charge is 0.220 e. The summed E-state index contributed by atoms with van der Waals surface area (Å²) in [6, 6.07) is 0. The second kappa shape index (κ2) is 8.53. The van der Waals surface area contributed by atoms with E-state index in [2.05, 4.69) is 5.32 Å². The van der Waals surface area contributed by atoms with Gasteiger partial charge in [0.1, 0.15) is 0 Å². The number of nitrogens with one attached hydrogen (secondary N) is 1. The van der Waals surface area contributed by atoms with Crippen molar-refractivity contribution in [3.05, 3.63) is 0 Å². The average molecular weight is 230 g/mol. The Hall–Kier alpha value is -0.610. The molecule has 0 saturated carbocycles. The summed E-state index contributed by atoms with van der Waals surface area (Å²) >= 11 is 0. The Morgan fingerprint density at radius 2 is 2.00 bits per heavy atom. The molecule has 0 saturated heterocycles. The number of carbonyl (C=O) groups excluding carboxylic acids is 1. The van der Waals surface area contributed by atoms with Gasteiger partial charge in [-0.05, 0) is 31.2 Å². The fourth-order valence-corrected chi connectivity index (χ4v) is 1.44. The molecule has 2 atom stereocenters. The van der Waals surface area contributed by atoms with Crippen LogP contribution in [0.15, 0.2) is 0 Å². The van der Waals surface area contributed by atoms with E-state index in [1.165, 1.54) is 0 Å². The number of carbonyl (C=O) groups is 1. The molecule has 0 aromatic carbocycles. The van der Waals surface area contributed by atoms with Crippen molar-refractivity contribution < 1.29 is 9.90 Å². The van der Waals surface area contributed by atoms with Crippen molar-refractivity contribution in [2.24, 2.45) is 17.6 Å². The molecule has 4 heteroatoms. The molecule has 0 fully saturated rings. The zero-order valence-corrected chi connectivity index (χ0v) is 10.7. The van der Waals surface area contributed by atoms with Crippen molar-refractivity contribution in [1.29, 1.82) is 0 Å². The Labute approximate surface area is 98.6 Å². The number of hydrogen-bond donors (Lipinski definition) is 3. The van der Waals surface area contributed by atoms with Crippen LogP contribution in [0.1, 0.15) is 40.0 Å². The van der Waals surface area contributed by atoms with Crippen LogP contribution in [0.25, 0.3) is 0 Å². The van der Waals surface area contributed by atoms with Crippen LogP contribution >= 0.6 is 0 Å². The van der Waals surface area contributed by atoms with Crippen LogP contribution < -0.4 is 11.1 Å². The maximum atomic E-state index is 11.4. The maximum absolute atomic E-state index is 11.4. The minimum Gasteiger partial charge on any atom is -0.391 e. The van der Waals surface area contributed by atoms with Gasteiger partial charge in [-0.3, -0.25) is 4.79 Å². The summed E-state index contributed by atoms with van der Waals surface area (Å²) in [6.07, 6.45) is 1.59. The minimum atomic E-state index is -0.434. The van der Waals surface area contributed by atoms with Crippen LogP contribution in [0, 0.1) is 11.8 Å². The van der Waals surface area contributed by atoms with Crippen molar-refractivity contribution in [2.45, 2.75) is 46.1 Å². The topological polar surface area (TPSA) is 75.3 Å². The number of aliphatic hydroxyl groups is 1. The molecular formula is C12H26N2O2. The summed E-state index contributed by atoms with van der Waals surface area (Å²) in [5, 5.41) is 12.3. The lowest BCUT2D eigenvalue weighted by Crippen LogP contribution is -2.33. The van der Waals surface area contributed by atoms with Crippen molar-refractivity contribution in [1.82, 2.24) is 5.32 Å². The molecular weight excluding hydrogens is 204 g/mol. The minimum absolute atomic E-state index is 0.00288. The van der Waals surface area contributed by atoms with Gasteiger partial charge >= 0.3 is 0 Å². The number of rotatable bonds is 8. The predicted octanol–water partition coefficient (Wildman–Crippen LogP) is 0.885. The molecule has 0 aliphatic carbocycles. The highest BCUT2D eigenvalue weighted by Gasteiger charge is 2.09. The lowest BCUT2D eigenvalue weighted by Gasteiger charge is -2.14. The monoisotopic (exact) mass is 230 g/mol. The number of amides is 1. The lowest BCUT2D eigenvalue weighted by molar-refractivity contribution is -0.121. The van der Waals surface area contributed by atoms with E-state index in [4.69, 9.17) is 5.73 Å². The largest absolute Gasteiger partial charge is 0.391 e. The average Bonchev–Trinajstić information content (AvgIpc) is 2.22. The van der Waals surface area contributed by atoms with Gasteiger partial charge in [0.15, 0.2) is 0 Å². The third-order valence-electron chi connectivity index (χ3n) is 2.54. The maximum Gasteiger partial charge on any atom is 0.220 e. The summed E-state index contributed by atoms with van der Waals surface area (Å²) in [5.41, 5.74) is 5.46. The highest BCUT2D eigenvalue weighted by Crippen LogP contribution is 2.05. The first-order valence-corrected chi connectivity index (χ1v) is 6.10. The Balaban J connectivity index is 3.57. The number of nitrogens with two attached hydrogens (primary N) is 1. The molecule has 96 valence electrons. The first-order valence-electron chi connectivity index (χ1n) is 6.10. The van der Waals surface area contributed by atoms with Gasteiger partial charge in [0.2, 0.25) is 5.91 Å². The van der Waals surface area contributed by atoms with Gasteiger partial charge in [0.25, 0.3) is 0 Å². The molecule has 0 aliphatic rings. The molecule has 0 aromatic heterocycles. The highest BCUT2D eigenvalue weighted by molar-refractivity contribution is 5.75. The number of aliphatic hydroxyl groups excluding tert-OH is 1. The van der Waals surface area contributed by atoms with E-state index >= 15 is 0 Å². The predicted molar refractivity (Wildman–Crippen MR) is 65.9 cm³/mol. The third kappa shape index (κ3) is 8.68. The summed E-state index contributed by atoms with van der Waals surface area (Å²) in [6.45, 7) is 7.10. The zero-order chi connectivity index (χ0) is 12.6. The standard InChI is InChI=1S/C12H26N2O2/c1-9(2)6-11(15)8-14-12(16)5-4-10(3)7-13/h9-11,15H,4-8,13H2,1-3H3,(H,14,16). The van der Waals surface area contributed by atoms with Crippen LogP contribution in [0.3, 0.4) is 0 Å². The van der Waals surface area contributed by atoms with E-state index < -0.39 is 6.10 Å². The van der Waals surface area contributed by atoms with Gasteiger partial charge in [-0.15, -0.1) is 0 Å². The molecule has 1 amide bonds. The van der Waals surface area contributed by atoms with E-state index in [-0.39, 0.29) is 5.91 Å². The summed E-state index contributed by atoms with van der Waals surface area (Å²) in [7, 11) is 0. The van der Waals surface area contributed by atoms with Gasteiger partial charge < -0.3 is 16.2 Å². The quantitative estimate of drug-likeness (QED) is 0.579. The van der Waals surface area contributed by atoms with Crippen LogP contribution in [-0.2, 0) is 4.79 Å². The molecule has 4 nitrogen and oxygen atoms in total. The first kappa shape index (κ1) is 15.4. The Bertz CT molecular complexity index is 195. The summed E-state index contributed by atoms with van der Waals surface area (Å²) in [4.78, 5) is 11.4. The second-order valence-corrected chi connectivity index (χ2v) is 4.97. The molecule has 0 spiro atoms. The van der Waals surface area contributed by atoms with Crippen molar-refractivity contribution in [3.8, 4) is 0 Å². The van der Waals surface area contributed by atoms with E-state index in [9.17, 15) is 9.90 Å². The van der Waals surface area contributed by atoms with E-state index in [1.54, 1.807) is 0 Å². The Morgan fingerprint density at radius 3 is 2.50 bits per heavy atom. The van der Waals surface area contributed by atoms with Gasteiger partial charge in [-0.1, -0.05) is 20.8 Å². The van der Waals surface area contributed by atoms with E-state index in [0.29, 0.717) is 31.3 Å². The molecule has 16 heavy (non-hydrogen) atoms. The highest BCUT2D eigenvalue weighted by atomic mass is 16.3. The van der Waals surface area contributed by atoms with Gasteiger partial charge in [-0.2, -0.15) is 0 Å². The van der Waals surface area contributed by atoms with Crippen molar-refractivity contribution in [3.63, 3.8) is 0 Å². The first-order chi connectivity index (χ1) is 7.45. The number of hydrogen-bond acceptors (Lipinski definition) is 3. The van der Waals surface area contributed by atoms with Crippen LogP contribution in [0.2, 0.25) is 0 Å². The molecule has 4 N–H and O–H groups in total. The van der Waals surface area contributed by atoms with Crippen LogP contribution in [0.4, 0.5) is 0 Å². The SMILES string of the molecule is CC(C)CC(O)CNC(=O)CCC(C)CN. The van der Waals surface area contributed by atoms with Gasteiger partial charge in [0.05, 0.1) is 6.10 Å². The Morgan fingerprint density at radius 1 is 1.38 bits per heavy atom. The molecule has 0 aliphatic heterocycles. The molecule has 0 aromatic rings. The third-order valence-corrected chi connectivity index (χ3v) is 2.54. The fraction of sp³-hybridized carbons (Fsp3) is 0.917. The van der Waals surface area contributed by atoms with Gasteiger partial charge in [0, 0.05) is 13.0 Å². The lowest BCUT2D eigenvalue weighted by atomic mass is 10.0. The normalized spacial score (nSPS) is 14.9. The zero-order valence-electron chi connectivity index (χ0n) is 10.7. The fourth-order valence-electron chi connectivity index (χ4n) is 1.44. The van der Waals surface area contributed by atoms with Gasteiger partial charge in [-0.25, -0.2) is 0 Å². The Kier molecular flexibility index (Phi) is 8.21. The molecule has 0 bridgehead atoms.